The summed E-state index contributed by atoms with van der Waals surface area (Å²) in [5, 5.41) is 60.0. The van der Waals surface area contributed by atoms with Crippen molar-refractivity contribution < 1.29 is 49.6 Å². The molecule has 0 aromatic rings. The maximum absolute atomic E-state index is 11.6. The molecule has 1 aliphatic carbocycles. The highest BCUT2D eigenvalue weighted by molar-refractivity contribution is 5.81. The third kappa shape index (κ3) is 4.19. The molecule has 2 aliphatic heterocycles. The molecule has 9 atom stereocenters. The molecule has 3 fully saturated rings. The van der Waals surface area contributed by atoms with Crippen molar-refractivity contribution in [1.82, 2.24) is 0 Å². The maximum atomic E-state index is 11.6. The molecule has 0 aromatic carbocycles. The van der Waals surface area contributed by atoms with Crippen LogP contribution in [0.5, 0.6) is 0 Å². The van der Waals surface area contributed by atoms with Crippen LogP contribution in [-0.4, -0.2) is 97.8 Å². The summed E-state index contributed by atoms with van der Waals surface area (Å²) in [6.45, 7) is 4.88. The van der Waals surface area contributed by atoms with E-state index in [2.05, 4.69) is 0 Å². The minimum atomic E-state index is -1.54. The molecule has 1 saturated carbocycles. The van der Waals surface area contributed by atoms with Crippen molar-refractivity contribution in [2.75, 3.05) is 13.2 Å². The average Bonchev–Trinajstić information content (AvgIpc) is 2.79. The lowest BCUT2D eigenvalue weighted by Gasteiger charge is -2.51. The van der Waals surface area contributed by atoms with Crippen LogP contribution < -0.4 is 0 Å². The first kappa shape index (κ1) is 24.3. The molecule has 2 bridgehead atoms. The number of carboxylic acids is 1. The number of carbonyl (C=O) groups is 1. The molecule has 0 aromatic heterocycles. The van der Waals surface area contributed by atoms with E-state index >= 15 is 0 Å². The van der Waals surface area contributed by atoms with Crippen LogP contribution in [0.3, 0.4) is 0 Å². The third-order valence-corrected chi connectivity index (χ3v) is 6.84. The van der Waals surface area contributed by atoms with Gasteiger partial charge in [0.05, 0.1) is 19.3 Å². The summed E-state index contributed by atoms with van der Waals surface area (Å²) in [6.07, 6.45) is -2.65. The minimum absolute atomic E-state index is 0.236. The fraction of sp³-hybridized carbons (Fsp3) is 0.762. The Bertz CT molecular complexity index is 728. The third-order valence-electron chi connectivity index (χ3n) is 6.84. The van der Waals surface area contributed by atoms with Crippen molar-refractivity contribution in [3.8, 4) is 0 Å². The van der Waals surface area contributed by atoms with E-state index in [0.29, 0.717) is 12.0 Å². The van der Waals surface area contributed by atoms with Gasteiger partial charge in [-0.25, -0.2) is 4.79 Å². The van der Waals surface area contributed by atoms with Gasteiger partial charge in [-0.05, 0) is 31.9 Å². The van der Waals surface area contributed by atoms with E-state index in [4.69, 9.17) is 19.3 Å². The molecule has 2 saturated heterocycles. The zero-order valence-corrected chi connectivity index (χ0v) is 17.8. The molecular weight excluding hydrogens is 412 g/mol. The van der Waals surface area contributed by atoms with Crippen molar-refractivity contribution in [3.63, 3.8) is 0 Å². The SMILES string of the molecule is CC(=C/C(=O)O)/C=C/[C@]1(O)[C@]2(C)CO[C@]1(C)C[C@@H](O[C@@H]1O[C@H](CO)[C@@H](O)[C@H](O)[C@H]1O)C2. The second-order valence-corrected chi connectivity index (χ2v) is 9.27. The largest absolute Gasteiger partial charge is 0.478 e. The molecule has 0 radical (unpaired) electrons. The van der Waals surface area contributed by atoms with Crippen molar-refractivity contribution in [3.05, 3.63) is 23.8 Å². The Morgan fingerprint density at radius 1 is 1.16 bits per heavy atom. The highest BCUT2D eigenvalue weighted by Gasteiger charge is 2.67. The van der Waals surface area contributed by atoms with Gasteiger partial charge in [0.1, 0.15) is 35.6 Å². The maximum Gasteiger partial charge on any atom is 0.328 e. The van der Waals surface area contributed by atoms with Crippen LogP contribution in [-0.2, 0) is 19.0 Å². The van der Waals surface area contributed by atoms with Gasteiger partial charge in [-0.2, -0.15) is 0 Å². The Morgan fingerprint density at radius 3 is 2.42 bits per heavy atom. The summed E-state index contributed by atoms with van der Waals surface area (Å²) in [5.41, 5.74) is -2.77. The van der Waals surface area contributed by atoms with Crippen LogP contribution >= 0.6 is 0 Å². The van der Waals surface area contributed by atoms with E-state index < -0.39 is 66.0 Å². The normalized spacial score (nSPS) is 48.3. The number of hydrogen-bond donors (Lipinski definition) is 6. The smallest absolute Gasteiger partial charge is 0.328 e. The lowest BCUT2D eigenvalue weighted by molar-refractivity contribution is -0.319. The number of carboxylic acid groups (broad SMARTS) is 1. The first-order valence-electron chi connectivity index (χ1n) is 10.3. The molecule has 3 rings (SSSR count). The molecule has 6 N–H and O–H groups in total. The molecular formula is C21H32O10. The molecule has 0 amide bonds. The molecule has 176 valence electrons. The fourth-order valence-corrected chi connectivity index (χ4v) is 4.95. The van der Waals surface area contributed by atoms with Crippen molar-refractivity contribution in [2.45, 2.75) is 81.6 Å². The highest BCUT2D eigenvalue weighted by Crippen LogP contribution is 2.58. The summed E-state index contributed by atoms with van der Waals surface area (Å²) in [4.78, 5) is 10.9. The Kier molecular flexibility index (Phi) is 6.68. The van der Waals surface area contributed by atoms with Crippen LogP contribution in [0.25, 0.3) is 0 Å². The summed E-state index contributed by atoms with van der Waals surface area (Å²) in [5.74, 6) is -1.08. The van der Waals surface area contributed by atoms with E-state index in [1.54, 1.807) is 26.0 Å². The lowest BCUT2D eigenvalue weighted by Crippen LogP contribution is -2.63. The Labute approximate surface area is 180 Å². The second-order valence-electron chi connectivity index (χ2n) is 9.27. The van der Waals surface area contributed by atoms with Crippen LogP contribution in [0.1, 0.15) is 33.6 Å². The second kappa shape index (κ2) is 8.53. The van der Waals surface area contributed by atoms with Gasteiger partial charge in [-0.1, -0.05) is 13.0 Å². The van der Waals surface area contributed by atoms with E-state index in [-0.39, 0.29) is 13.0 Å². The van der Waals surface area contributed by atoms with Crippen LogP contribution in [0, 0.1) is 5.41 Å². The number of rotatable bonds is 6. The van der Waals surface area contributed by atoms with E-state index in [0.717, 1.165) is 6.08 Å². The number of aliphatic hydroxyl groups excluding tert-OH is 4. The molecule has 10 nitrogen and oxygen atoms in total. The Balaban J connectivity index is 1.78. The highest BCUT2D eigenvalue weighted by atomic mass is 16.7. The molecule has 0 unspecified atom stereocenters. The quantitative estimate of drug-likeness (QED) is 0.223. The van der Waals surface area contributed by atoms with Crippen molar-refractivity contribution >= 4 is 5.97 Å². The monoisotopic (exact) mass is 444 g/mol. The first-order valence-corrected chi connectivity index (χ1v) is 10.3. The summed E-state index contributed by atoms with van der Waals surface area (Å²) in [6, 6.07) is 0. The van der Waals surface area contributed by atoms with Gasteiger partial charge < -0.3 is 44.8 Å². The summed E-state index contributed by atoms with van der Waals surface area (Å²) >= 11 is 0. The van der Waals surface area contributed by atoms with E-state index in [9.17, 15) is 30.3 Å². The fourth-order valence-electron chi connectivity index (χ4n) is 4.95. The molecule has 3 aliphatic rings. The topological polar surface area (TPSA) is 166 Å². The zero-order valence-electron chi connectivity index (χ0n) is 17.8. The van der Waals surface area contributed by atoms with Gasteiger partial charge in [0, 0.05) is 17.9 Å². The summed E-state index contributed by atoms with van der Waals surface area (Å²) in [7, 11) is 0. The van der Waals surface area contributed by atoms with Gasteiger partial charge in [0.25, 0.3) is 0 Å². The van der Waals surface area contributed by atoms with Crippen LogP contribution in [0.2, 0.25) is 0 Å². The van der Waals surface area contributed by atoms with Crippen molar-refractivity contribution in [1.29, 1.82) is 0 Å². The lowest BCUT2D eigenvalue weighted by atomic mass is 9.59. The van der Waals surface area contributed by atoms with Crippen molar-refractivity contribution in [2.24, 2.45) is 5.41 Å². The average molecular weight is 444 g/mol. The predicted molar refractivity (Wildman–Crippen MR) is 106 cm³/mol. The predicted octanol–water partition coefficient (Wildman–Crippen LogP) is -0.921. The first-order chi connectivity index (χ1) is 14.4. The van der Waals surface area contributed by atoms with E-state index in [1.165, 1.54) is 0 Å². The summed E-state index contributed by atoms with van der Waals surface area (Å²) < 4.78 is 17.3. The number of allylic oxidation sites excluding steroid dienone is 2. The van der Waals surface area contributed by atoms with Gasteiger partial charge in [-0.3, -0.25) is 0 Å². The van der Waals surface area contributed by atoms with Crippen LogP contribution in [0.15, 0.2) is 23.8 Å². The minimum Gasteiger partial charge on any atom is -0.478 e. The number of aliphatic carboxylic acids is 1. The molecule has 10 heteroatoms. The molecule has 2 heterocycles. The zero-order chi connectivity index (χ0) is 23.2. The molecule has 0 spiro atoms. The number of ether oxygens (including phenoxy) is 3. The van der Waals surface area contributed by atoms with Gasteiger partial charge in [0.15, 0.2) is 6.29 Å². The number of hydrogen-bond acceptors (Lipinski definition) is 9. The number of fused-ring (bicyclic) bond motifs is 2. The van der Waals surface area contributed by atoms with Gasteiger partial charge >= 0.3 is 5.97 Å². The van der Waals surface area contributed by atoms with Gasteiger partial charge in [-0.15, -0.1) is 0 Å². The van der Waals surface area contributed by atoms with E-state index in [1.807, 2.05) is 6.92 Å². The standard InChI is InChI=1S/C21H32O10/c1-11(6-14(23)24)4-5-21(28)19(2)7-12(8-20(21,3)29-10-19)30-18-17(27)16(26)15(25)13(9-22)31-18/h4-6,12-13,15-18,22,25-28H,7-10H2,1-3H3,(H,23,24)/b5-4+,11-6-/t12-,13+,15+,16-,17+,18+,19-,20+,21-/m0/s1. The molecule has 31 heavy (non-hydrogen) atoms. The van der Waals surface area contributed by atoms with Gasteiger partial charge in [0.2, 0.25) is 0 Å². The van der Waals surface area contributed by atoms with Crippen LogP contribution in [0.4, 0.5) is 0 Å². The number of aliphatic hydroxyl groups is 5. The Morgan fingerprint density at radius 2 is 1.84 bits per heavy atom. The Hall–Kier alpha value is -1.37.